The molecule has 0 bridgehead atoms. The van der Waals surface area contributed by atoms with Gasteiger partial charge in [-0.05, 0) is 25.0 Å². The summed E-state index contributed by atoms with van der Waals surface area (Å²) in [4.78, 5) is 18.6. The highest BCUT2D eigenvalue weighted by atomic mass is 16.1. The molecule has 1 amide bonds. The minimum Gasteiger partial charge on any atom is -0.366 e. The first-order valence-electron chi connectivity index (χ1n) is 8.26. The molecule has 0 atom stereocenters. The number of rotatable bonds is 8. The lowest BCUT2D eigenvalue weighted by Crippen LogP contribution is -2.26. The van der Waals surface area contributed by atoms with E-state index in [1.54, 1.807) is 6.20 Å². The molecule has 1 N–H and O–H groups in total. The van der Waals surface area contributed by atoms with E-state index in [1.807, 2.05) is 30.5 Å². The maximum atomic E-state index is 12.2. The second-order valence-corrected chi connectivity index (χ2v) is 5.54. The average molecular weight is 311 g/mol. The van der Waals surface area contributed by atoms with Crippen LogP contribution in [0.3, 0.4) is 0 Å². The van der Waals surface area contributed by atoms with Gasteiger partial charge in [0, 0.05) is 25.8 Å². The fourth-order valence-corrected chi connectivity index (χ4v) is 2.40. The third kappa shape index (κ3) is 5.09. The van der Waals surface area contributed by atoms with Gasteiger partial charge in [-0.2, -0.15) is 0 Å². The van der Waals surface area contributed by atoms with Crippen molar-refractivity contribution in [1.82, 2.24) is 10.3 Å². The normalized spacial score (nSPS) is 10.3. The van der Waals surface area contributed by atoms with Crippen LogP contribution in [0.5, 0.6) is 0 Å². The number of carbonyl (C=O) groups is 1. The molecule has 1 aromatic heterocycles. The third-order valence-electron chi connectivity index (χ3n) is 3.77. The van der Waals surface area contributed by atoms with Crippen LogP contribution in [0.25, 0.3) is 0 Å². The Morgan fingerprint density at radius 3 is 2.65 bits per heavy atom. The first-order valence-corrected chi connectivity index (χ1v) is 8.26. The van der Waals surface area contributed by atoms with E-state index >= 15 is 0 Å². The minimum atomic E-state index is -0.0523. The number of aromatic nitrogens is 1. The largest absolute Gasteiger partial charge is 0.366 e. The second-order valence-electron chi connectivity index (χ2n) is 5.54. The number of amides is 1. The van der Waals surface area contributed by atoms with E-state index in [9.17, 15) is 4.79 Å². The van der Waals surface area contributed by atoms with Gasteiger partial charge in [0.2, 0.25) is 0 Å². The first kappa shape index (κ1) is 17.0. The Hall–Kier alpha value is -2.36. The number of benzene rings is 1. The van der Waals surface area contributed by atoms with Gasteiger partial charge in [0.1, 0.15) is 0 Å². The first-order chi connectivity index (χ1) is 11.2. The highest BCUT2D eigenvalue weighted by Crippen LogP contribution is 2.17. The molecule has 2 rings (SSSR count). The summed E-state index contributed by atoms with van der Waals surface area (Å²) in [7, 11) is 0. The molecule has 4 nitrogen and oxygen atoms in total. The van der Waals surface area contributed by atoms with Gasteiger partial charge < -0.3 is 10.2 Å². The van der Waals surface area contributed by atoms with Crippen LogP contribution in [0, 0.1) is 0 Å². The number of pyridine rings is 1. The van der Waals surface area contributed by atoms with Crippen LogP contribution in [-0.2, 0) is 6.54 Å². The van der Waals surface area contributed by atoms with Gasteiger partial charge in [-0.3, -0.25) is 9.78 Å². The van der Waals surface area contributed by atoms with Gasteiger partial charge in [0.15, 0.2) is 0 Å². The number of hydrogen-bond donors (Lipinski definition) is 1. The average Bonchev–Trinajstić information content (AvgIpc) is 2.61. The van der Waals surface area contributed by atoms with Crippen molar-refractivity contribution in [1.29, 1.82) is 0 Å². The standard InChI is InChI=1S/C19H25N3O/c1-3-5-11-21-19(23)17-12-18(14-20-13-17)22(4-2)15-16-9-7-6-8-10-16/h6-10,12-14H,3-5,11,15H2,1-2H3,(H,21,23). The minimum absolute atomic E-state index is 0.0523. The van der Waals surface area contributed by atoms with Crippen molar-refractivity contribution in [3.8, 4) is 0 Å². The van der Waals surface area contributed by atoms with Crippen LogP contribution in [0.1, 0.15) is 42.6 Å². The molecule has 0 saturated carbocycles. The molecule has 0 saturated heterocycles. The number of nitrogens with one attached hydrogen (secondary N) is 1. The van der Waals surface area contributed by atoms with Gasteiger partial charge in [0.05, 0.1) is 17.4 Å². The summed E-state index contributed by atoms with van der Waals surface area (Å²) in [6.45, 7) is 6.59. The van der Waals surface area contributed by atoms with Gasteiger partial charge in [0.25, 0.3) is 5.91 Å². The molecule has 0 aliphatic carbocycles. The summed E-state index contributed by atoms with van der Waals surface area (Å²) in [5.41, 5.74) is 2.83. The number of carbonyl (C=O) groups excluding carboxylic acids is 1. The van der Waals surface area contributed by atoms with E-state index in [-0.39, 0.29) is 5.91 Å². The molecule has 23 heavy (non-hydrogen) atoms. The molecule has 0 aliphatic rings. The summed E-state index contributed by atoms with van der Waals surface area (Å²) in [6, 6.07) is 12.2. The fourth-order valence-electron chi connectivity index (χ4n) is 2.40. The molecule has 4 heteroatoms. The zero-order chi connectivity index (χ0) is 16.5. The molecule has 0 fully saturated rings. The predicted molar refractivity (Wildman–Crippen MR) is 94.6 cm³/mol. The lowest BCUT2D eigenvalue weighted by atomic mass is 10.2. The second kappa shape index (κ2) is 8.93. The lowest BCUT2D eigenvalue weighted by Gasteiger charge is -2.23. The Kier molecular flexibility index (Phi) is 6.60. The highest BCUT2D eigenvalue weighted by Gasteiger charge is 2.10. The Morgan fingerprint density at radius 1 is 1.17 bits per heavy atom. The quantitative estimate of drug-likeness (QED) is 0.757. The monoisotopic (exact) mass is 311 g/mol. The van der Waals surface area contributed by atoms with Crippen molar-refractivity contribution in [2.45, 2.75) is 33.2 Å². The van der Waals surface area contributed by atoms with Crippen molar-refractivity contribution in [2.75, 3.05) is 18.0 Å². The van der Waals surface area contributed by atoms with Crippen molar-refractivity contribution in [3.05, 3.63) is 59.9 Å². The van der Waals surface area contributed by atoms with E-state index in [2.05, 4.69) is 41.2 Å². The van der Waals surface area contributed by atoms with Crippen LogP contribution < -0.4 is 10.2 Å². The smallest absolute Gasteiger partial charge is 0.252 e. The van der Waals surface area contributed by atoms with Crippen molar-refractivity contribution < 1.29 is 4.79 Å². The highest BCUT2D eigenvalue weighted by molar-refractivity contribution is 5.94. The number of hydrogen-bond acceptors (Lipinski definition) is 3. The molecule has 122 valence electrons. The van der Waals surface area contributed by atoms with E-state index in [0.717, 1.165) is 31.6 Å². The molecular weight excluding hydrogens is 286 g/mol. The number of nitrogens with zero attached hydrogens (tertiary/aromatic N) is 2. The fraction of sp³-hybridized carbons (Fsp3) is 0.368. The van der Waals surface area contributed by atoms with Gasteiger partial charge in [-0.1, -0.05) is 43.7 Å². The lowest BCUT2D eigenvalue weighted by molar-refractivity contribution is 0.0953. The Labute approximate surface area is 138 Å². The summed E-state index contributed by atoms with van der Waals surface area (Å²) in [6.07, 6.45) is 5.50. The topological polar surface area (TPSA) is 45.2 Å². The molecule has 0 unspecified atom stereocenters. The molecule has 0 spiro atoms. The predicted octanol–water partition coefficient (Wildman–Crippen LogP) is 3.64. The van der Waals surface area contributed by atoms with E-state index in [0.29, 0.717) is 12.1 Å². The van der Waals surface area contributed by atoms with E-state index in [4.69, 9.17) is 0 Å². The third-order valence-corrected chi connectivity index (χ3v) is 3.77. The van der Waals surface area contributed by atoms with Crippen molar-refractivity contribution in [3.63, 3.8) is 0 Å². The molecule has 0 aliphatic heterocycles. The summed E-state index contributed by atoms with van der Waals surface area (Å²) in [5.74, 6) is -0.0523. The maximum absolute atomic E-state index is 12.2. The van der Waals surface area contributed by atoms with Crippen LogP contribution in [-0.4, -0.2) is 24.0 Å². The van der Waals surface area contributed by atoms with Gasteiger partial charge >= 0.3 is 0 Å². The summed E-state index contributed by atoms with van der Waals surface area (Å²) < 4.78 is 0. The SMILES string of the molecule is CCCCNC(=O)c1cncc(N(CC)Cc2ccccc2)c1. The zero-order valence-corrected chi connectivity index (χ0v) is 14.0. The summed E-state index contributed by atoms with van der Waals surface area (Å²) >= 11 is 0. The van der Waals surface area contributed by atoms with Crippen LogP contribution in [0.15, 0.2) is 48.8 Å². The molecular formula is C19H25N3O. The number of unbranched alkanes of at least 4 members (excludes halogenated alkanes) is 1. The summed E-state index contributed by atoms with van der Waals surface area (Å²) in [5, 5.41) is 2.94. The molecule has 0 radical (unpaired) electrons. The maximum Gasteiger partial charge on any atom is 0.252 e. The number of anilines is 1. The Bertz CT molecular complexity index is 613. The van der Waals surface area contributed by atoms with Crippen molar-refractivity contribution >= 4 is 11.6 Å². The van der Waals surface area contributed by atoms with E-state index in [1.165, 1.54) is 5.56 Å². The molecule has 1 heterocycles. The van der Waals surface area contributed by atoms with Crippen molar-refractivity contribution in [2.24, 2.45) is 0 Å². The zero-order valence-electron chi connectivity index (χ0n) is 14.0. The van der Waals surface area contributed by atoms with Crippen LogP contribution in [0.2, 0.25) is 0 Å². The Morgan fingerprint density at radius 2 is 1.96 bits per heavy atom. The molecule has 1 aromatic carbocycles. The molecule has 2 aromatic rings. The Balaban J connectivity index is 2.08. The van der Waals surface area contributed by atoms with Crippen LogP contribution in [0.4, 0.5) is 5.69 Å². The van der Waals surface area contributed by atoms with Gasteiger partial charge in [-0.25, -0.2) is 0 Å². The van der Waals surface area contributed by atoms with Crippen LogP contribution >= 0.6 is 0 Å². The van der Waals surface area contributed by atoms with E-state index < -0.39 is 0 Å². The van der Waals surface area contributed by atoms with Gasteiger partial charge in [-0.15, -0.1) is 0 Å².